The number of rotatable bonds is 2. The van der Waals surface area contributed by atoms with E-state index in [9.17, 15) is 5.11 Å². The number of aliphatic hydroxyl groups is 1. The van der Waals surface area contributed by atoms with Crippen LogP contribution in [-0.2, 0) is 0 Å². The van der Waals surface area contributed by atoms with E-state index in [1.165, 1.54) is 0 Å². The minimum Gasteiger partial charge on any atom is -0.390 e. The lowest BCUT2D eigenvalue weighted by Gasteiger charge is -2.38. The van der Waals surface area contributed by atoms with Crippen molar-refractivity contribution in [3.63, 3.8) is 0 Å². The zero-order valence-electron chi connectivity index (χ0n) is 10.4. The Labute approximate surface area is 107 Å². The molecule has 0 spiro atoms. The van der Waals surface area contributed by atoms with Crippen molar-refractivity contribution in [2.75, 3.05) is 18.0 Å². The van der Waals surface area contributed by atoms with Crippen LogP contribution in [0.4, 0.5) is 5.82 Å². The third kappa shape index (κ3) is 2.90. The highest BCUT2D eigenvalue weighted by Gasteiger charge is 2.31. The highest BCUT2D eigenvalue weighted by molar-refractivity contribution is 6.32. The number of pyridine rings is 1. The summed E-state index contributed by atoms with van der Waals surface area (Å²) in [5.41, 5.74) is -0.583. The third-order valence-corrected chi connectivity index (χ3v) is 3.83. The van der Waals surface area contributed by atoms with Crippen molar-refractivity contribution in [3.8, 4) is 0 Å². The van der Waals surface area contributed by atoms with Crippen LogP contribution < -0.4 is 4.90 Å². The molecule has 1 aromatic heterocycles. The number of nitrogens with zero attached hydrogens (tertiary/aromatic N) is 2. The molecule has 1 aromatic rings. The standard InChI is InChI=1S/C13H19ClN2O/c1-13(2,17)10-5-8-16(9-6-10)12-11(14)4-3-7-15-12/h3-4,7,10,17H,5-6,8-9H2,1-2H3. The number of halogens is 1. The van der Waals surface area contributed by atoms with Gasteiger partial charge >= 0.3 is 0 Å². The zero-order valence-corrected chi connectivity index (χ0v) is 11.1. The molecule has 0 aliphatic carbocycles. The Balaban J connectivity index is 2.03. The average Bonchev–Trinajstić information content (AvgIpc) is 2.29. The van der Waals surface area contributed by atoms with Crippen LogP contribution in [0.1, 0.15) is 26.7 Å². The van der Waals surface area contributed by atoms with Gasteiger partial charge in [-0.25, -0.2) is 4.98 Å². The Kier molecular flexibility index (Phi) is 3.59. The summed E-state index contributed by atoms with van der Waals surface area (Å²) in [6, 6.07) is 3.71. The molecule has 3 nitrogen and oxygen atoms in total. The molecule has 17 heavy (non-hydrogen) atoms. The highest BCUT2D eigenvalue weighted by Crippen LogP contribution is 2.31. The van der Waals surface area contributed by atoms with E-state index in [4.69, 9.17) is 11.6 Å². The van der Waals surface area contributed by atoms with Gasteiger partial charge in [0.1, 0.15) is 5.82 Å². The van der Waals surface area contributed by atoms with E-state index in [0.29, 0.717) is 10.9 Å². The maximum absolute atomic E-state index is 9.99. The van der Waals surface area contributed by atoms with E-state index in [1.54, 1.807) is 6.20 Å². The van der Waals surface area contributed by atoms with Crippen LogP contribution in [0, 0.1) is 5.92 Å². The first-order chi connectivity index (χ1) is 7.98. The number of aromatic nitrogens is 1. The van der Waals surface area contributed by atoms with Crippen molar-refractivity contribution in [2.24, 2.45) is 5.92 Å². The first-order valence-corrected chi connectivity index (χ1v) is 6.44. The summed E-state index contributed by atoms with van der Waals surface area (Å²) in [6.45, 7) is 5.60. The molecule has 0 aromatic carbocycles. The minimum absolute atomic E-state index is 0.362. The smallest absolute Gasteiger partial charge is 0.147 e. The molecule has 94 valence electrons. The first kappa shape index (κ1) is 12.7. The summed E-state index contributed by atoms with van der Waals surface area (Å²) in [6.07, 6.45) is 3.73. The van der Waals surface area contributed by atoms with Crippen molar-refractivity contribution in [3.05, 3.63) is 23.4 Å². The monoisotopic (exact) mass is 254 g/mol. The lowest BCUT2D eigenvalue weighted by Crippen LogP contribution is -2.42. The molecule has 0 amide bonds. The zero-order chi connectivity index (χ0) is 12.5. The van der Waals surface area contributed by atoms with E-state index < -0.39 is 5.60 Å². The second-order valence-corrected chi connectivity index (χ2v) is 5.63. The number of piperidine rings is 1. The van der Waals surface area contributed by atoms with E-state index in [0.717, 1.165) is 31.7 Å². The van der Waals surface area contributed by atoms with Gasteiger partial charge in [-0.2, -0.15) is 0 Å². The summed E-state index contributed by atoms with van der Waals surface area (Å²) >= 11 is 6.13. The summed E-state index contributed by atoms with van der Waals surface area (Å²) in [5.74, 6) is 1.23. The van der Waals surface area contributed by atoms with Crippen LogP contribution in [0.5, 0.6) is 0 Å². The molecule has 0 bridgehead atoms. The Morgan fingerprint density at radius 2 is 2.06 bits per heavy atom. The Bertz CT molecular complexity index is 381. The van der Waals surface area contributed by atoms with E-state index >= 15 is 0 Å². The number of hydrogen-bond donors (Lipinski definition) is 1. The van der Waals surface area contributed by atoms with Crippen LogP contribution in [0.15, 0.2) is 18.3 Å². The van der Waals surface area contributed by atoms with Gasteiger partial charge in [0.25, 0.3) is 0 Å². The molecule has 1 aliphatic rings. The Morgan fingerprint density at radius 1 is 1.41 bits per heavy atom. The molecule has 0 saturated carbocycles. The maximum atomic E-state index is 9.99. The van der Waals surface area contributed by atoms with E-state index in [2.05, 4.69) is 9.88 Å². The van der Waals surface area contributed by atoms with Crippen LogP contribution >= 0.6 is 11.6 Å². The SMILES string of the molecule is CC(C)(O)C1CCN(c2ncccc2Cl)CC1. The lowest BCUT2D eigenvalue weighted by atomic mass is 9.83. The van der Waals surface area contributed by atoms with Gasteiger partial charge in [-0.05, 0) is 44.7 Å². The quantitative estimate of drug-likeness (QED) is 0.882. The fraction of sp³-hybridized carbons (Fsp3) is 0.615. The van der Waals surface area contributed by atoms with Gasteiger partial charge in [-0.15, -0.1) is 0 Å². The average molecular weight is 255 g/mol. The normalized spacial score (nSPS) is 18.5. The van der Waals surface area contributed by atoms with Crippen LogP contribution in [0.25, 0.3) is 0 Å². The predicted molar refractivity (Wildman–Crippen MR) is 70.5 cm³/mol. The molecule has 2 rings (SSSR count). The summed E-state index contributed by atoms with van der Waals surface area (Å²) in [5, 5.41) is 10.7. The Morgan fingerprint density at radius 3 is 2.59 bits per heavy atom. The molecule has 0 unspecified atom stereocenters. The summed E-state index contributed by atoms with van der Waals surface area (Å²) in [4.78, 5) is 6.52. The largest absolute Gasteiger partial charge is 0.390 e. The number of hydrogen-bond acceptors (Lipinski definition) is 3. The topological polar surface area (TPSA) is 36.4 Å². The second kappa shape index (κ2) is 4.83. The fourth-order valence-corrected chi connectivity index (χ4v) is 2.65. The van der Waals surface area contributed by atoms with Crippen molar-refractivity contribution in [1.29, 1.82) is 0 Å². The molecule has 0 atom stereocenters. The van der Waals surface area contributed by atoms with Crippen molar-refractivity contribution >= 4 is 17.4 Å². The minimum atomic E-state index is -0.583. The van der Waals surface area contributed by atoms with Crippen molar-refractivity contribution < 1.29 is 5.11 Å². The van der Waals surface area contributed by atoms with E-state index in [-0.39, 0.29) is 0 Å². The van der Waals surface area contributed by atoms with Crippen LogP contribution in [-0.4, -0.2) is 28.8 Å². The van der Waals surface area contributed by atoms with Gasteiger partial charge in [0.2, 0.25) is 0 Å². The van der Waals surface area contributed by atoms with Gasteiger partial charge in [0.15, 0.2) is 0 Å². The highest BCUT2D eigenvalue weighted by atomic mass is 35.5. The van der Waals surface area contributed by atoms with Gasteiger partial charge in [-0.1, -0.05) is 11.6 Å². The van der Waals surface area contributed by atoms with Gasteiger partial charge in [0.05, 0.1) is 10.6 Å². The molecule has 1 fully saturated rings. The predicted octanol–water partition coefficient (Wildman–Crippen LogP) is 2.72. The number of anilines is 1. The van der Waals surface area contributed by atoms with E-state index in [1.807, 2.05) is 26.0 Å². The van der Waals surface area contributed by atoms with Crippen LogP contribution in [0.3, 0.4) is 0 Å². The third-order valence-electron chi connectivity index (χ3n) is 3.53. The van der Waals surface area contributed by atoms with Crippen LogP contribution in [0.2, 0.25) is 5.02 Å². The molecule has 4 heteroatoms. The maximum Gasteiger partial charge on any atom is 0.147 e. The van der Waals surface area contributed by atoms with Crippen molar-refractivity contribution in [1.82, 2.24) is 4.98 Å². The van der Waals surface area contributed by atoms with Gasteiger partial charge < -0.3 is 10.0 Å². The van der Waals surface area contributed by atoms with Crippen molar-refractivity contribution in [2.45, 2.75) is 32.3 Å². The summed E-state index contributed by atoms with van der Waals surface area (Å²) < 4.78 is 0. The van der Waals surface area contributed by atoms with Gasteiger partial charge in [-0.3, -0.25) is 0 Å². The second-order valence-electron chi connectivity index (χ2n) is 5.22. The molecular weight excluding hydrogens is 236 g/mol. The first-order valence-electron chi connectivity index (χ1n) is 6.06. The molecule has 1 saturated heterocycles. The molecule has 1 N–H and O–H groups in total. The molecule has 0 radical (unpaired) electrons. The summed E-state index contributed by atoms with van der Waals surface area (Å²) in [7, 11) is 0. The Hall–Kier alpha value is -0.800. The molecular formula is C13H19ClN2O. The molecule has 1 aliphatic heterocycles. The lowest BCUT2D eigenvalue weighted by molar-refractivity contribution is 0.00646. The fourth-order valence-electron chi connectivity index (χ4n) is 2.41. The van der Waals surface area contributed by atoms with Gasteiger partial charge in [0, 0.05) is 19.3 Å². The molecule has 2 heterocycles.